The van der Waals surface area contributed by atoms with E-state index in [0.29, 0.717) is 12.0 Å². The van der Waals surface area contributed by atoms with Crippen LogP contribution < -0.4 is 0 Å². The molecule has 2 atom stereocenters. The Morgan fingerprint density at radius 1 is 0.917 bits per heavy atom. The molecule has 2 nitrogen and oxygen atoms in total. The topological polar surface area (TPSA) is 6.48 Å². The molecule has 1 fully saturated rings. The van der Waals surface area contributed by atoms with Crippen LogP contribution >= 0.6 is 36.4 Å². The maximum absolute atomic E-state index is 6.23. The summed E-state index contributed by atoms with van der Waals surface area (Å²) in [5.74, 6) is 0.426. The number of nitrogens with zero attached hydrogens (tertiary/aromatic N) is 2. The lowest BCUT2D eigenvalue weighted by Gasteiger charge is -2.46. The van der Waals surface area contributed by atoms with Crippen LogP contribution in [0, 0.1) is 0 Å². The predicted octanol–water partition coefficient (Wildman–Crippen LogP) is 4.62. The van der Waals surface area contributed by atoms with Crippen molar-refractivity contribution in [3.63, 3.8) is 0 Å². The third kappa shape index (κ3) is 3.58. The van der Waals surface area contributed by atoms with Crippen LogP contribution in [0.15, 0.2) is 48.5 Å². The molecule has 4 rings (SSSR count). The van der Waals surface area contributed by atoms with E-state index in [1.807, 2.05) is 6.07 Å². The summed E-state index contributed by atoms with van der Waals surface area (Å²) < 4.78 is 0. The zero-order valence-electron chi connectivity index (χ0n) is 13.7. The smallest absolute Gasteiger partial charge is 0.0478 e. The summed E-state index contributed by atoms with van der Waals surface area (Å²) in [4.78, 5) is 5.09. The lowest BCUT2D eigenvalue weighted by molar-refractivity contribution is 0.0772. The second-order valence-corrected chi connectivity index (χ2v) is 6.95. The van der Waals surface area contributed by atoms with Crippen LogP contribution in [0.5, 0.6) is 0 Å². The molecule has 2 aliphatic heterocycles. The fraction of sp³-hybridized carbons (Fsp3) is 0.368. The van der Waals surface area contributed by atoms with Gasteiger partial charge in [0.1, 0.15) is 0 Å². The van der Waals surface area contributed by atoms with Crippen molar-refractivity contribution in [2.75, 3.05) is 33.2 Å². The zero-order chi connectivity index (χ0) is 15.1. The van der Waals surface area contributed by atoms with Crippen molar-refractivity contribution in [3.05, 3.63) is 70.2 Å². The maximum Gasteiger partial charge on any atom is 0.0478 e. The largest absolute Gasteiger partial charge is 0.303 e. The minimum Gasteiger partial charge on any atom is -0.303 e. The normalized spacial score (nSPS) is 23.4. The number of rotatable bonds is 1. The molecule has 2 aromatic rings. The Hall–Kier alpha value is -0.770. The molecule has 0 saturated carbocycles. The summed E-state index contributed by atoms with van der Waals surface area (Å²) in [7, 11) is 2.23. The first-order valence-electron chi connectivity index (χ1n) is 7.99. The quantitative estimate of drug-likeness (QED) is 0.707. The first-order valence-corrected chi connectivity index (χ1v) is 8.37. The third-order valence-corrected chi connectivity index (χ3v) is 5.33. The number of fused-ring (bicyclic) bond motifs is 3. The van der Waals surface area contributed by atoms with E-state index in [-0.39, 0.29) is 24.8 Å². The SMILES string of the molecule is CN1CCN2C[C@@H](c3cccc(Cl)c3)c3ccccc3[C@@H]2C1.Cl.Cl. The molecule has 24 heavy (non-hydrogen) atoms. The molecular formula is C19H23Cl3N2. The van der Waals surface area contributed by atoms with E-state index in [1.165, 1.54) is 16.7 Å². The van der Waals surface area contributed by atoms with Crippen LogP contribution in [0.25, 0.3) is 0 Å². The molecule has 2 heterocycles. The first kappa shape index (κ1) is 19.6. The molecule has 0 radical (unpaired) electrons. The standard InChI is InChI=1S/C19H21ClN2.2ClH/c1-21-9-10-22-12-18(14-5-4-6-15(20)11-14)16-7-2-3-8-17(16)19(22)13-21;;/h2-8,11,18-19H,9-10,12-13H2,1H3;2*1H/t18-,19-;;/m0../s1. The van der Waals surface area contributed by atoms with Gasteiger partial charge in [0.25, 0.3) is 0 Å². The van der Waals surface area contributed by atoms with Gasteiger partial charge in [-0.25, -0.2) is 0 Å². The van der Waals surface area contributed by atoms with E-state index in [2.05, 4.69) is 59.3 Å². The van der Waals surface area contributed by atoms with Gasteiger partial charge in [-0.1, -0.05) is 48.0 Å². The summed E-state index contributed by atoms with van der Waals surface area (Å²) in [6, 6.07) is 17.8. The molecule has 0 aromatic heterocycles. The predicted molar refractivity (Wildman–Crippen MR) is 106 cm³/mol. The molecule has 2 aliphatic rings. The summed E-state index contributed by atoms with van der Waals surface area (Å²) in [6.45, 7) is 4.52. The highest BCUT2D eigenvalue weighted by Crippen LogP contribution is 2.40. The number of piperazine rings is 1. The van der Waals surface area contributed by atoms with Crippen LogP contribution in [0.4, 0.5) is 0 Å². The molecule has 0 spiro atoms. The van der Waals surface area contributed by atoms with Crippen molar-refractivity contribution in [1.29, 1.82) is 0 Å². The number of likely N-dealkylation sites (N-methyl/N-ethyl adjacent to an activating group) is 1. The zero-order valence-corrected chi connectivity index (χ0v) is 16.1. The van der Waals surface area contributed by atoms with Gasteiger partial charge in [-0.15, -0.1) is 24.8 Å². The summed E-state index contributed by atoms with van der Waals surface area (Å²) in [5.41, 5.74) is 4.30. The van der Waals surface area contributed by atoms with Crippen LogP contribution in [0.2, 0.25) is 5.02 Å². The molecule has 1 saturated heterocycles. The minimum atomic E-state index is 0. The molecule has 0 N–H and O–H groups in total. The first-order chi connectivity index (χ1) is 10.7. The lowest BCUT2D eigenvalue weighted by atomic mass is 9.80. The average molecular weight is 386 g/mol. The van der Waals surface area contributed by atoms with Gasteiger partial charge in [0.15, 0.2) is 0 Å². The average Bonchev–Trinajstić information content (AvgIpc) is 2.54. The van der Waals surface area contributed by atoms with Gasteiger partial charge in [0.2, 0.25) is 0 Å². The highest BCUT2D eigenvalue weighted by Gasteiger charge is 2.36. The summed E-state index contributed by atoms with van der Waals surface area (Å²) in [6.07, 6.45) is 0. The number of hydrogen-bond donors (Lipinski definition) is 0. The molecule has 0 unspecified atom stereocenters. The van der Waals surface area contributed by atoms with E-state index in [1.54, 1.807) is 0 Å². The Bertz CT molecular complexity index is 692. The van der Waals surface area contributed by atoms with Gasteiger partial charge in [-0.2, -0.15) is 0 Å². The Labute approximate surface area is 161 Å². The Morgan fingerprint density at radius 2 is 1.67 bits per heavy atom. The van der Waals surface area contributed by atoms with Crippen LogP contribution in [0.3, 0.4) is 0 Å². The van der Waals surface area contributed by atoms with Gasteiger partial charge in [-0.3, -0.25) is 4.90 Å². The van der Waals surface area contributed by atoms with E-state index >= 15 is 0 Å². The molecule has 0 amide bonds. The van der Waals surface area contributed by atoms with Crippen molar-refractivity contribution in [1.82, 2.24) is 9.80 Å². The van der Waals surface area contributed by atoms with Gasteiger partial charge < -0.3 is 4.90 Å². The molecule has 0 aliphatic carbocycles. The lowest BCUT2D eigenvalue weighted by Crippen LogP contribution is -2.50. The highest BCUT2D eigenvalue weighted by atomic mass is 35.5. The molecular weight excluding hydrogens is 363 g/mol. The molecule has 2 aromatic carbocycles. The van der Waals surface area contributed by atoms with Gasteiger partial charge in [0, 0.05) is 43.2 Å². The van der Waals surface area contributed by atoms with Crippen LogP contribution in [0.1, 0.15) is 28.7 Å². The highest BCUT2D eigenvalue weighted by molar-refractivity contribution is 6.30. The summed E-state index contributed by atoms with van der Waals surface area (Å²) in [5, 5.41) is 0.829. The second kappa shape index (κ2) is 8.07. The van der Waals surface area contributed by atoms with Gasteiger partial charge in [0.05, 0.1) is 0 Å². The van der Waals surface area contributed by atoms with Gasteiger partial charge in [-0.05, 0) is 35.9 Å². The van der Waals surface area contributed by atoms with Crippen molar-refractivity contribution in [2.24, 2.45) is 0 Å². The van der Waals surface area contributed by atoms with Gasteiger partial charge >= 0.3 is 0 Å². The van der Waals surface area contributed by atoms with Crippen molar-refractivity contribution in [3.8, 4) is 0 Å². The molecule has 130 valence electrons. The Kier molecular flexibility index (Phi) is 6.58. The number of hydrogen-bond acceptors (Lipinski definition) is 2. The van der Waals surface area contributed by atoms with Crippen molar-refractivity contribution < 1.29 is 0 Å². The fourth-order valence-corrected chi connectivity index (χ4v) is 4.14. The van der Waals surface area contributed by atoms with Crippen molar-refractivity contribution >= 4 is 36.4 Å². The van der Waals surface area contributed by atoms with E-state index < -0.39 is 0 Å². The minimum absolute atomic E-state index is 0. The van der Waals surface area contributed by atoms with E-state index in [9.17, 15) is 0 Å². The van der Waals surface area contributed by atoms with Crippen LogP contribution in [-0.4, -0.2) is 43.0 Å². The molecule has 0 bridgehead atoms. The van der Waals surface area contributed by atoms with Crippen LogP contribution in [-0.2, 0) is 0 Å². The monoisotopic (exact) mass is 384 g/mol. The summed E-state index contributed by atoms with van der Waals surface area (Å²) >= 11 is 6.23. The maximum atomic E-state index is 6.23. The number of benzene rings is 2. The van der Waals surface area contributed by atoms with E-state index in [0.717, 1.165) is 31.2 Å². The van der Waals surface area contributed by atoms with E-state index in [4.69, 9.17) is 11.6 Å². The Balaban J connectivity index is 0.00000104. The number of halogens is 3. The second-order valence-electron chi connectivity index (χ2n) is 6.51. The van der Waals surface area contributed by atoms with Crippen molar-refractivity contribution in [2.45, 2.75) is 12.0 Å². The third-order valence-electron chi connectivity index (χ3n) is 5.09. The Morgan fingerprint density at radius 3 is 2.42 bits per heavy atom. The fourth-order valence-electron chi connectivity index (χ4n) is 3.94. The molecule has 5 heteroatoms.